The third-order valence-corrected chi connectivity index (χ3v) is 2.88. The van der Waals surface area contributed by atoms with Crippen molar-refractivity contribution < 1.29 is 13.2 Å². The van der Waals surface area contributed by atoms with Gasteiger partial charge in [-0.15, -0.1) is 0 Å². The summed E-state index contributed by atoms with van der Waals surface area (Å²) < 4.78 is 39.5. The first-order chi connectivity index (χ1) is 9.77. The molecule has 0 aliphatic heterocycles. The van der Waals surface area contributed by atoms with Crippen molar-refractivity contribution in [2.24, 2.45) is 0 Å². The molecule has 0 aliphatic carbocycles. The molecule has 0 amide bonds. The van der Waals surface area contributed by atoms with Crippen LogP contribution in [0.1, 0.15) is 11.1 Å². The molecule has 4 nitrogen and oxygen atoms in total. The average Bonchev–Trinajstić information content (AvgIpc) is 2.38. The summed E-state index contributed by atoms with van der Waals surface area (Å²) in [5.41, 5.74) is -0.306. The van der Waals surface area contributed by atoms with Crippen LogP contribution in [0.5, 0.6) is 0 Å². The van der Waals surface area contributed by atoms with Crippen molar-refractivity contribution in [3.8, 4) is 11.3 Å². The van der Waals surface area contributed by atoms with Gasteiger partial charge >= 0.3 is 6.18 Å². The summed E-state index contributed by atoms with van der Waals surface area (Å²) in [4.78, 5) is 12.6. The summed E-state index contributed by atoms with van der Waals surface area (Å²) in [5, 5.41) is 5.96. The summed E-state index contributed by atoms with van der Waals surface area (Å²) in [6, 6.07) is 6.67. The maximum absolute atomic E-state index is 13.2. The van der Waals surface area contributed by atoms with Gasteiger partial charge in [-0.05, 0) is 31.8 Å². The molecular formula is C14H14F3N3O. The number of H-pyrrole nitrogens is 1. The first-order valence-electron chi connectivity index (χ1n) is 6.18. The third-order valence-electron chi connectivity index (χ3n) is 2.88. The van der Waals surface area contributed by atoms with Crippen molar-refractivity contribution in [2.75, 3.05) is 14.1 Å². The lowest BCUT2D eigenvalue weighted by Crippen LogP contribution is -2.16. The lowest BCUT2D eigenvalue weighted by molar-refractivity contribution is -0.138. The van der Waals surface area contributed by atoms with Gasteiger partial charge in [0, 0.05) is 18.2 Å². The Hall–Kier alpha value is -2.15. The molecular weight excluding hydrogens is 283 g/mol. The Morgan fingerprint density at radius 2 is 1.90 bits per heavy atom. The fourth-order valence-electron chi connectivity index (χ4n) is 1.98. The van der Waals surface area contributed by atoms with Crippen LogP contribution in [-0.4, -0.2) is 29.2 Å². The number of hydrogen-bond acceptors (Lipinski definition) is 3. The topological polar surface area (TPSA) is 49.0 Å². The molecule has 2 aromatic rings. The summed E-state index contributed by atoms with van der Waals surface area (Å²) >= 11 is 0. The number of aromatic nitrogens is 2. The molecule has 0 radical (unpaired) electrons. The summed E-state index contributed by atoms with van der Waals surface area (Å²) in [7, 11) is 3.41. The van der Waals surface area contributed by atoms with E-state index in [0.717, 1.165) is 6.07 Å². The number of aromatic amines is 1. The van der Waals surface area contributed by atoms with Gasteiger partial charge in [-0.1, -0.05) is 12.1 Å². The molecule has 0 spiro atoms. The van der Waals surface area contributed by atoms with E-state index in [9.17, 15) is 18.0 Å². The first kappa shape index (κ1) is 15.2. The molecule has 0 fully saturated rings. The molecule has 1 heterocycles. The van der Waals surface area contributed by atoms with Gasteiger partial charge in [0.1, 0.15) is 0 Å². The van der Waals surface area contributed by atoms with E-state index >= 15 is 0 Å². The van der Waals surface area contributed by atoms with Crippen molar-refractivity contribution in [1.82, 2.24) is 15.1 Å². The molecule has 0 atom stereocenters. The molecule has 1 N–H and O–H groups in total. The molecule has 21 heavy (non-hydrogen) atoms. The van der Waals surface area contributed by atoms with Crippen LogP contribution in [0.15, 0.2) is 35.1 Å². The number of rotatable bonds is 3. The minimum atomic E-state index is -4.44. The van der Waals surface area contributed by atoms with Crippen LogP contribution in [0.25, 0.3) is 11.3 Å². The first-order valence-corrected chi connectivity index (χ1v) is 6.18. The van der Waals surface area contributed by atoms with E-state index < -0.39 is 17.3 Å². The summed E-state index contributed by atoms with van der Waals surface area (Å²) in [6.07, 6.45) is -4.44. The molecule has 0 saturated heterocycles. The van der Waals surface area contributed by atoms with Gasteiger partial charge in [0.05, 0.1) is 11.3 Å². The predicted molar refractivity (Wildman–Crippen MR) is 72.7 cm³/mol. The summed E-state index contributed by atoms with van der Waals surface area (Å²) in [5.74, 6) is 0. The van der Waals surface area contributed by atoms with Gasteiger partial charge in [-0.2, -0.15) is 18.3 Å². The van der Waals surface area contributed by atoms with E-state index in [-0.39, 0.29) is 17.8 Å². The highest BCUT2D eigenvalue weighted by Crippen LogP contribution is 2.34. The van der Waals surface area contributed by atoms with Gasteiger partial charge in [0.15, 0.2) is 0 Å². The van der Waals surface area contributed by atoms with E-state index in [4.69, 9.17) is 0 Å². The van der Waals surface area contributed by atoms with Gasteiger partial charge in [-0.25, -0.2) is 5.10 Å². The Bertz CT molecular complexity index is 672. The molecule has 0 saturated carbocycles. The fourth-order valence-corrected chi connectivity index (χ4v) is 1.98. The van der Waals surface area contributed by atoms with Crippen molar-refractivity contribution in [3.63, 3.8) is 0 Å². The Balaban J connectivity index is 2.51. The van der Waals surface area contributed by atoms with E-state index in [1.807, 2.05) is 0 Å². The highest BCUT2D eigenvalue weighted by molar-refractivity contribution is 5.60. The number of alkyl halides is 3. The highest BCUT2D eigenvalue weighted by Gasteiger charge is 2.33. The Morgan fingerprint density at radius 3 is 2.43 bits per heavy atom. The maximum Gasteiger partial charge on any atom is 0.416 e. The zero-order valence-corrected chi connectivity index (χ0v) is 11.5. The van der Waals surface area contributed by atoms with Crippen LogP contribution in [0.3, 0.4) is 0 Å². The molecule has 0 unspecified atom stereocenters. The zero-order chi connectivity index (χ0) is 15.6. The second-order valence-corrected chi connectivity index (χ2v) is 4.91. The van der Waals surface area contributed by atoms with Crippen molar-refractivity contribution >= 4 is 0 Å². The van der Waals surface area contributed by atoms with Crippen LogP contribution >= 0.6 is 0 Å². The zero-order valence-electron chi connectivity index (χ0n) is 11.5. The van der Waals surface area contributed by atoms with Crippen LogP contribution in [-0.2, 0) is 12.7 Å². The highest BCUT2D eigenvalue weighted by atomic mass is 19.4. The van der Waals surface area contributed by atoms with Gasteiger partial charge in [0.25, 0.3) is 5.56 Å². The molecule has 112 valence electrons. The largest absolute Gasteiger partial charge is 0.416 e. The number of nitrogens with zero attached hydrogens (tertiary/aromatic N) is 2. The lowest BCUT2D eigenvalue weighted by Gasteiger charge is -2.17. The van der Waals surface area contributed by atoms with Crippen molar-refractivity contribution in [1.29, 1.82) is 0 Å². The smallest absolute Gasteiger partial charge is 0.305 e. The minimum Gasteiger partial charge on any atom is -0.305 e. The van der Waals surface area contributed by atoms with E-state index in [2.05, 4.69) is 10.2 Å². The lowest BCUT2D eigenvalue weighted by atomic mass is 10.0. The van der Waals surface area contributed by atoms with Gasteiger partial charge in [-0.3, -0.25) is 4.79 Å². The molecule has 0 aliphatic rings. The Kier molecular flexibility index (Phi) is 4.13. The van der Waals surface area contributed by atoms with Crippen LogP contribution < -0.4 is 5.56 Å². The monoisotopic (exact) mass is 297 g/mol. The van der Waals surface area contributed by atoms with E-state index in [1.165, 1.54) is 18.2 Å². The molecule has 1 aromatic carbocycles. The second-order valence-electron chi connectivity index (χ2n) is 4.91. The quantitative estimate of drug-likeness (QED) is 0.947. The SMILES string of the molecule is CN(C)Cc1ccc(-c2ccc(=O)[nH]n2)cc1C(F)(F)F. The Labute approximate surface area is 119 Å². The number of nitrogens with one attached hydrogen (secondary N) is 1. The number of benzene rings is 1. The third kappa shape index (κ3) is 3.69. The fraction of sp³-hybridized carbons (Fsp3) is 0.286. The van der Waals surface area contributed by atoms with Crippen LogP contribution in [0.4, 0.5) is 13.2 Å². The number of hydrogen-bond donors (Lipinski definition) is 1. The molecule has 1 aromatic heterocycles. The van der Waals surface area contributed by atoms with E-state index in [0.29, 0.717) is 5.56 Å². The second kappa shape index (κ2) is 5.69. The van der Waals surface area contributed by atoms with Crippen LogP contribution in [0.2, 0.25) is 0 Å². The normalized spacial score (nSPS) is 11.9. The predicted octanol–water partition coefficient (Wildman–Crippen LogP) is 2.52. The maximum atomic E-state index is 13.2. The Morgan fingerprint density at radius 1 is 1.19 bits per heavy atom. The van der Waals surface area contributed by atoms with Crippen LogP contribution in [0, 0.1) is 0 Å². The van der Waals surface area contributed by atoms with E-state index in [1.54, 1.807) is 25.1 Å². The van der Waals surface area contributed by atoms with Gasteiger partial charge in [0.2, 0.25) is 0 Å². The number of halogens is 3. The van der Waals surface area contributed by atoms with Gasteiger partial charge < -0.3 is 4.90 Å². The minimum absolute atomic E-state index is 0.189. The van der Waals surface area contributed by atoms with Crippen molar-refractivity contribution in [2.45, 2.75) is 12.7 Å². The van der Waals surface area contributed by atoms with Crippen molar-refractivity contribution in [3.05, 3.63) is 51.8 Å². The molecule has 0 bridgehead atoms. The summed E-state index contributed by atoms with van der Waals surface area (Å²) in [6.45, 7) is 0.189. The standard InChI is InChI=1S/C14H14F3N3O/c1-20(2)8-10-4-3-9(7-11(10)14(15,16)17)12-5-6-13(21)19-18-12/h3-7H,8H2,1-2H3,(H,19,21). The average molecular weight is 297 g/mol. The molecule has 7 heteroatoms. The molecule has 2 rings (SSSR count).